The van der Waals surface area contributed by atoms with Gasteiger partial charge in [-0.05, 0) is 11.6 Å². The summed E-state index contributed by atoms with van der Waals surface area (Å²) < 4.78 is 1.56. The van der Waals surface area contributed by atoms with Crippen molar-refractivity contribution in [2.24, 2.45) is 0 Å². The van der Waals surface area contributed by atoms with E-state index in [0.29, 0.717) is 12.2 Å². The van der Waals surface area contributed by atoms with Gasteiger partial charge in [-0.2, -0.15) is 0 Å². The van der Waals surface area contributed by atoms with Crippen molar-refractivity contribution in [3.63, 3.8) is 0 Å². The summed E-state index contributed by atoms with van der Waals surface area (Å²) in [4.78, 5) is 21.7. The second kappa shape index (κ2) is 5.01. The normalized spacial score (nSPS) is 10.3. The molecule has 1 aromatic carbocycles. The first-order valence-corrected chi connectivity index (χ1v) is 6.09. The van der Waals surface area contributed by atoms with Crippen molar-refractivity contribution in [3.05, 3.63) is 55.1 Å². The molecule has 0 saturated heterocycles. The van der Waals surface area contributed by atoms with Gasteiger partial charge in [0.15, 0.2) is 0 Å². The lowest BCUT2D eigenvalue weighted by Crippen LogP contribution is -2.12. The van der Waals surface area contributed by atoms with Gasteiger partial charge in [0, 0.05) is 24.7 Å². The Morgan fingerprint density at radius 2 is 2.28 bits per heavy atom. The third kappa shape index (κ3) is 2.40. The molecule has 0 saturated carbocycles. The van der Waals surface area contributed by atoms with Crippen LogP contribution in [0.3, 0.4) is 0 Å². The Morgan fingerprint density at radius 3 is 2.83 bits per heavy atom. The van der Waals surface area contributed by atoms with E-state index in [1.807, 2.05) is 0 Å². The van der Waals surface area contributed by atoms with Gasteiger partial charge in [0.25, 0.3) is 5.69 Å². The molecular formula is C11H11N3O3S. The second-order valence-corrected chi connectivity index (χ2v) is 4.51. The zero-order valence-electron chi connectivity index (χ0n) is 9.62. The SMILES string of the molecule is CNc1cc(Cn2ccsc2=O)ccc1[N+](=O)[O-]. The number of thiazole rings is 1. The van der Waals surface area contributed by atoms with Crippen LogP contribution in [0.25, 0.3) is 0 Å². The molecule has 0 radical (unpaired) electrons. The molecule has 0 fully saturated rings. The molecule has 0 spiro atoms. The molecule has 0 aliphatic carbocycles. The van der Waals surface area contributed by atoms with Crippen molar-refractivity contribution >= 4 is 22.7 Å². The number of rotatable bonds is 4. The molecule has 18 heavy (non-hydrogen) atoms. The zero-order chi connectivity index (χ0) is 13.1. The van der Waals surface area contributed by atoms with Crippen LogP contribution >= 0.6 is 11.3 Å². The highest BCUT2D eigenvalue weighted by Crippen LogP contribution is 2.25. The second-order valence-electron chi connectivity index (χ2n) is 3.66. The first-order valence-electron chi connectivity index (χ1n) is 5.21. The van der Waals surface area contributed by atoms with Crippen molar-refractivity contribution in [1.29, 1.82) is 0 Å². The number of benzene rings is 1. The number of anilines is 1. The van der Waals surface area contributed by atoms with Gasteiger partial charge in [-0.15, -0.1) is 0 Å². The van der Waals surface area contributed by atoms with Crippen LogP contribution < -0.4 is 10.2 Å². The molecule has 0 aliphatic heterocycles. The number of hydrogen-bond donors (Lipinski definition) is 1. The maximum Gasteiger partial charge on any atom is 0.307 e. The summed E-state index contributed by atoms with van der Waals surface area (Å²) in [6.07, 6.45) is 1.70. The molecule has 1 N–H and O–H groups in total. The summed E-state index contributed by atoms with van der Waals surface area (Å²) >= 11 is 1.13. The summed E-state index contributed by atoms with van der Waals surface area (Å²) in [5.74, 6) is 0. The Bertz CT molecular complexity index is 632. The molecule has 94 valence electrons. The molecule has 0 atom stereocenters. The van der Waals surface area contributed by atoms with Crippen molar-refractivity contribution in [1.82, 2.24) is 4.57 Å². The van der Waals surface area contributed by atoms with Crippen LogP contribution in [0.4, 0.5) is 11.4 Å². The highest BCUT2D eigenvalue weighted by molar-refractivity contribution is 7.07. The predicted octanol–water partition coefficient (Wildman–Crippen LogP) is 1.91. The van der Waals surface area contributed by atoms with E-state index in [1.165, 1.54) is 6.07 Å². The summed E-state index contributed by atoms with van der Waals surface area (Å²) in [6, 6.07) is 4.78. The minimum Gasteiger partial charge on any atom is -0.383 e. The Kier molecular flexibility index (Phi) is 3.42. The minimum absolute atomic E-state index is 0.0268. The average molecular weight is 265 g/mol. The van der Waals surface area contributed by atoms with Crippen LogP contribution in [0.5, 0.6) is 0 Å². The molecule has 2 rings (SSSR count). The number of nitro groups is 1. The van der Waals surface area contributed by atoms with E-state index < -0.39 is 4.92 Å². The molecule has 1 heterocycles. The van der Waals surface area contributed by atoms with Gasteiger partial charge in [-0.25, -0.2) is 0 Å². The van der Waals surface area contributed by atoms with Crippen LogP contribution in [0.15, 0.2) is 34.6 Å². The molecule has 2 aromatic rings. The van der Waals surface area contributed by atoms with Crippen LogP contribution in [0, 0.1) is 10.1 Å². The lowest BCUT2D eigenvalue weighted by atomic mass is 10.1. The van der Waals surface area contributed by atoms with E-state index in [1.54, 1.807) is 35.3 Å². The average Bonchev–Trinajstić information content (AvgIpc) is 2.74. The minimum atomic E-state index is -0.438. The van der Waals surface area contributed by atoms with Crippen molar-refractivity contribution in [2.75, 3.05) is 12.4 Å². The Labute approximate surface area is 107 Å². The standard InChI is InChI=1S/C11H11N3O3S/c1-12-9-6-8(2-3-10(9)14(16)17)7-13-4-5-18-11(13)15/h2-6,12H,7H2,1H3. The van der Waals surface area contributed by atoms with Gasteiger partial charge >= 0.3 is 4.87 Å². The molecule has 0 amide bonds. The maximum absolute atomic E-state index is 11.4. The molecule has 1 aromatic heterocycles. The highest BCUT2D eigenvalue weighted by Gasteiger charge is 2.13. The summed E-state index contributed by atoms with van der Waals surface area (Å²) in [6.45, 7) is 0.412. The van der Waals surface area contributed by atoms with E-state index in [9.17, 15) is 14.9 Å². The maximum atomic E-state index is 11.4. The Balaban J connectivity index is 2.33. The van der Waals surface area contributed by atoms with Gasteiger partial charge in [0.1, 0.15) is 5.69 Å². The van der Waals surface area contributed by atoms with Gasteiger partial charge < -0.3 is 9.88 Å². The fourth-order valence-electron chi connectivity index (χ4n) is 1.65. The number of hydrogen-bond acceptors (Lipinski definition) is 5. The van der Waals surface area contributed by atoms with E-state index in [-0.39, 0.29) is 10.6 Å². The van der Waals surface area contributed by atoms with E-state index >= 15 is 0 Å². The third-order valence-electron chi connectivity index (χ3n) is 2.52. The molecular weight excluding hydrogens is 254 g/mol. The first kappa shape index (κ1) is 12.3. The highest BCUT2D eigenvalue weighted by atomic mass is 32.1. The fraction of sp³-hybridized carbons (Fsp3) is 0.182. The summed E-state index contributed by atoms with van der Waals surface area (Å²) in [5, 5.41) is 15.3. The quantitative estimate of drug-likeness (QED) is 0.676. The Hall–Kier alpha value is -2.15. The smallest absolute Gasteiger partial charge is 0.307 e. The first-order chi connectivity index (χ1) is 8.61. The van der Waals surface area contributed by atoms with E-state index in [0.717, 1.165) is 16.9 Å². The molecule has 0 unspecified atom stereocenters. The zero-order valence-corrected chi connectivity index (χ0v) is 10.4. The summed E-state index contributed by atoms with van der Waals surface area (Å²) in [7, 11) is 1.63. The van der Waals surface area contributed by atoms with Gasteiger partial charge in [-0.1, -0.05) is 17.4 Å². The van der Waals surface area contributed by atoms with Crippen molar-refractivity contribution < 1.29 is 4.92 Å². The topological polar surface area (TPSA) is 77.2 Å². The van der Waals surface area contributed by atoms with Gasteiger partial charge in [-0.3, -0.25) is 14.9 Å². The third-order valence-corrected chi connectivity index (χ3v) is 3.22. The molecule has 6 nitrogen and oxygen atoms in total. The number of nitro benzene ring substituents is 1. The lowest BCUT2D eigenvalue weighted by molar-refractivity contribution is -0.383. The molecule has 0 aliphatic rings. The summed E-state index contributed by atoms with van der Waals surface area (Å²) in [5.41, 5.74) is 1.31. The van der Waals surface area contributed by atoms with Crippen LogP contribution in [0.2, 0.25) is 0 Å². The van der Waals surface area contributed by atoms with Crippen molar-refractivity contribution in [3.8, 4) is 0 Å². The monoisotopic (exact) mass is 265 g/mol. The van der Waals surface area contributed by atoms with E-state index in [2.05, 4.69) is 5.32 Å². The van der Waals surface area contributed by atoms with Crippen LogP contribution in [0.1, 0.15) is 5.56 Å². The van der Waals surface area contributed by atoms with Crippen LogP contribution in [-0.2, 0) is 6.54 Å². The fourth-order valence-corrected chi connectivity index (χ4v) is 2.23. The number of nitrogens with one attached hydrogen (secondary N) is 1. The Morgan fingerprint density at radius 1 is 1.50 bits per heavy atom. The van der Waals surface area contributed by atoms with Crippen LogP contribution in [-0.4, -0.2) is 16.5 Å². The number of nitrogens with zero attached hydrogens (tertiary/aromatic N) is 2. The van der Waals surface area contributed by atoms with Gasteiger partial charge in [0.05, 0.1) is 11.5 Å². The molecule has 7 heteroatoms. The molecule has 0 bridgehead atoms. The largest absolute Gasteiger partial charge is 0.383 e. The van der Waals surface area contributed by atoms with E-state index in [4.69, 9.17) is 0 Å². The number of aromatic nitrogens is 1. The van der Waals surface area contributed by atoms with Crippen molar-refractivity contribution in [2.45, 2.75) is 6.54 Å². The van der Waals surface area contributed by atoms with Gasteiger partial charge in [0.2, 0.25) is 0 Å². The lowest BCUT2D eigenvalue weighted by Gasteiger charge is -2.06. The predicted molar refractivity (Wildman–Crippen MR) is 70.3 cm³/mol.